The number of carbonyl (C=O) groups excluding carboxylic acids is 2. The highest BCUT2D eigenvalue weighted by atomic mass is 32.2. The number of nitrogens with zero attached hydrogens (tertiary/aromatic N) is 2. The molecule has 0 bridgehead atoms. The minimum Gasteiger partial charge on any atom is -0.483 e. The third-order valence-corrected chi connectivity index (χ3v) is 14.0. The lowest BCUT2D eigenvalue weighted by atomic mass is 9.78. The maximum absolute atomic E-state index is 13.9. The number of rotatable bonds is 20. The zero-order valence-corrected chi connectivity index (χ0v) is 38.7. The molecule has 0 saturated carbocycles. The van der Waals surface area contributed by atoms with E-state index >= 15 is 0 Å². The number of carbonyl (C=O) groups is 2. The summed E-state index contributed by atoms with van der Waals surface area (Å²) in [6.07, 6.45) is -1.53. The summed E-state index contributed by atoms with van der Waals surface area (Å²) in [6.45, 7) is 21.3. The van der Waals surface area contributed by atoms with E-state index in [0.29, 0.717) is 41.3 Å². The molecule has 14 nitrogen and oxygen atoms in total. The first-order valence-electron chi connectivity index (χ1n) is 21.1. The Morgan fingerprint density at radius 1 is 1.02 bits per heavy atom. The Balaban J connectivity index is 1.21. The van der Waals surface area contributed by atoms with Crippen molar-refractivity contribution < 1.29 is 46.8 Å². The van der Waals surface area contributed by atoms with Gasteiger partial charge in [-0.2, -0.15) is 5.48 Å². The number of thioether (sulfide) groups is 1. The Morgan fingerprint density at radius 2 is 1.70 bits per heavy atom. The second kappa shape index (κ2) is 19.6. The summed E-state index contributed by atoms with van der Waals surface area (Å²) >= 11 is 1.45. The Bertz CT molecular complexity index is 2210. The molecule has 0 radical (unpaired) electrons. The summed E-state index contributed by atoms with van der Waals surface area (Å²) in [6, 6.07) is 21.5. The molecule has 2 aliphatic heterocycles. The second-order valence-corrected chi connectivity index (χ2v) is 18.8. The van der Waals surface area contributed by atoms with E-state index < -0.39 is 37.2 Å². The molecule has 3 aromatic carbocycles. The van der Waals surface area contributed by atoms with Gasteiger partial charge < -0.3 is 29.0 Å². The number of aryl methyl sites for hydroxylation is 1. The Labute approximate surface area is 363 Å². The molecule has 16 heteroatoms. The molecule has 61 heavy (non-hydrogen) atoms. The number of cyclic esters (lactones) is 1. The molecule has 6 rings (SSSR count). The predicted octanol–water partition coefficient (Wildman–Crippen LogP) is 8.46. The van der Waals surface area contributed by atoms with Crippen molar-refractivity contribution in [1.29, 1.82) is 0 Å². The van der Waals surface area contributed by atoms with E-state index in [2.05, 4.69) is 60.1 Å². The number of fused-ring (bicyclic) bond motifs is 2. The van der Waals surface area contributed by atoms with Crippen LogP contribution in [0.1, 0.15) is 95.1 Å². The van der Waals surface area contributed by atoms with E-state index in [1.807, 2.05) is 62.4 Å². The first-order valence-corrected chi connectivity index (χ1v) is 23.6. The van der Waals surface area contributed by atoms with Gasteiger partial charge in [-0.3, -0.25) is 23.2 Å². The first-order chi connectivity index (χ1) is 29.0. The van der Waals surface area contributed by atoms with Gasteiger partial charge in [0.25, 0.3) is 5.91 Å². The summed E-state index contributed by atoms with van der Waals surface area (Å²) in [7, 11) is -3.84. The van der Waals surface area contributed by atoms with Crippen molar-refractivity contribution in [3.63, 3.8) is 0 Å². The van der Waals surface area contributed by atoms with E-state index in [1.54, 1.807) is 33.8 Å². The quantitative estimate of drug-likeness (QED) is 0.0647. The smallest absolute Gasteiger partial charge is 0.475 e. The Morgan fingerprint density at radius 3 is 2.39 bits per heavy atom. The molecular weight excluding hydrogens is 820 g/mol. The average molecular weight is 881 g/mol. The summed E-state index contributed by atoms with van der Waals surface area (Å²) < 4.78 is 52.1. The highest BCUT2D eigenvalue weighted by molar-refractivity contribution is 7.99. The fraction of sp³-hybridized carbons (Fsp3) is 0.511. The molecule has 332 valence electrons. The van der Waals surface area contributed by atoms with Crippen molar-refractivity contribution in [3.8, 4) is 5.75 Å². The van der Waals surface area contributed by atoms with Crippen molar-refractivity contribution in [3.05, 3.63) is 94.7 Å². The lowest BCUT2D eigenvalue weighted by Crippen LogP contribution is -2.48. The normalized spacial score (nSPS) is 19.4. The van der Waals surface area contributed by atoms with Crippen molar-refractivity contribution in [2.24, 2.45) is 0 Å². The van der Waals surface area contributed by atoms with Gasteiger partial charge in [-0.1, -0.05) is 36.4 Å². The molecule has 0 spiro atoms. The zero-order valence-electron chi connectivity index (χ0n) is 36.9. The third kappa shape index (κ3) is 10.3. The summed E-state index contributed by atoms with van der Waals surface area (Å²) in [5.41, 5.74) is 5.77. The van der Waals surface area contributed by atoms with E-state index in [-0.39, 0.29) is 30.8 Å². The van der Waals surface area contributed by atoms with Gasteiger partial charge in [-0.05, 0) is 93.5 Å². The largest absolute Gasteiger partial charge is 0.483 e. The topological polar surface area (TPSA) is 148 Å². The maximum atomic E-state index is 13.9. The minimum absolute atomic E-state index is 0.0305. The SMILES string of the molecule is CCN(CC)c1ccc(C2(c3c(C)n(CC)c4ccccc34)OC(=O)c3ccccc32)c(OCC(=O)NCC2ONCC(SCC(C)(C)OP(=O)(OC(C)C)OC(C)C)O2)c1. The van der Waals surface area contributed by atoms with Gasteiger partial charge in [0.1, 0.15) is 11.2 Å². The molecule has 1 fully saturated rings. The van der Waals surface area contributed by atoms with Crippen molar-refractivity contribution in [2.75, 3.05) is 43.4 Å². The summed E-state index contributed by atoms with van der Waals surface area (Å²) in [5, 5.41) is 3.84. The highest BCUT2D eigenvalue weighted by Crippen LogP contribution is 2.56. The zero-order chi connectivity index (χ0) is 44.1. The molecule has 2 aliphatic rings. The number of ether oxygens (including phenoxy) is 3. The molecule has 3 heterocycles. The van der Waals surface area contributed by atoms with Crippen LogP contribution in [0, 0.1) is 6.92 Å². The molecule has 4 aromatic rings. The number of para-hydroxylation sites is 1. The van der Waals surface area contributed by atoms with Crippen LogP contribution < -0.4 is 20.4 Å². The fourth-order valence-electron chi connectivity index (χ4n) is 7.97. The number of aromatic nitrogens is 1. The van der Waals surface area contributed by atoms with Gasteiger partial charge >= 0.3 is 13.8 Å². The van der Waals surface area contributed by atoms with Gasteiger partial charge in [-0.15, -0.1) is 11.8 Å². The number of amides is 1. The molecule has 1 saturated heterocycles. The molecule has 1 aromatic heterocycles. The van der Waals surface area contributed by atoms with Crippen LogP contribution in [-0.2, 0) is 49.4 Å². The van der Waals surface area contributed by atoms with Crippen LogP contribution in [0.5, 0.6) is 5.75 Å². The van der Waals surface area contributed by atoms with Crippen LogP contribution in [0.4, 0.5) is 5.69 Å². The van der Waals surface area contributed by atoms with Crippen LogP contribution in [-0.4, -0.2) is 84.5 Å². The van der Waals surface area contributed by atoms with Crippen molar-refractivity contribution >= 4 is 48.1 Å². The predicted molar refractivity (Wildman–Crippen MR) is 238 cm³/mol. The van der Waals surface area contributed by atoms with Gasteiger partial charge in [0.05, 0.1) is 36.5 Å². The molecule has 0 aliphatic carbocycles. The lowest BCUT2D eigenvalue weighted by molar-refractivity contribution is -0.222. The van der Waals surface area contributed by atoms with Crippen molar-refractivity contribution in [1.82, 2.24) is 15.4 Å². The van der Waals surface area contributed by atoms with Crippen LogP contribution in [0.25, 0.3) is 10.9 Å². The monoisotopic (exact) mass is 880 g/mol. The maximum Gasteiger partial charge on any atom is 0.475 e. The van der Waals surface area contributed by atoms with Crippen LogP contribution in [0.3, 0.4) is 0 Å². The summed E-state index contributed by atoms with van der Waals surface area (Å²) in [5.74, 6) is -0.0346. The number of nitrogens with one attached hydrogen (secondary N) is 2. The first kappa shape index (κ1) is 46.6. The second-order valence-electron chi connectivity index (χ2n) is 16.2. The van der Waals surface area contributed by atoms with Crippen LogP contribution in [0.15, 0.2) is 66.7 Å². The molecular formula is C45H61N4O10PS. The van der Waals surface area contributed by atoms with E-state index in [1.165, 1.54) is 11.8 Å². The van der Waals surface area contributed by atoms with Gasteiger partial charge in [0.2, 0.25) is 0 Å². The number of anilines is 1. The van der Waals surface area contributed by atoms with Crippen molar-refractivity contribution in [2.45, 2.75) is 111 Å². The van der Waals surface area contributed by atoms with Gasteiger partial charge in [0.15, 0.2) is 18.5 Å². The van der Waals surface area contributed by atoms with E-state index in [0.717, 1.165) is 40.9 Å². The minimum atomic E-state index is -3.84. The average Bonchev–Trinajstić information content (AvgIpc) is 3.67. The van der Waals surface area contributed by atoms with E-state index in [4.69, 9.17) is 32.6 Å². The van der Waals surface area contributed by atoms with Gasteiger partial charge in [0, 0.05) is 70.4 Å². The molecule has 3 atom stereocenters. The number of phosphoric acid groups is 1. The molecule has 1 amide bonds. The number of hydrogen-bond acceptors (Lipinski definition) is 13. The number of phosphoric ester groups is 1. The summed E-state index contributed by atoms with van der Waals surface area (Å²) in [4.78, 5) is 35.3. The number of esters is 1. The lowest BCUT2D eigenvalue weighted by Gasteiger charge is -2.34. The van der Waals surface area contributed by atoms with Crippen LogP contribution >= 0.6 is 19.6 Å². The fourth-order valence-corrected chi connectivity index (χ4v) is 10.9. The van der Waals surface area contributed by atoms with Gasteiger partial charge in [-0.25, -0.2) is 9.36 Å². The number of hydroxylamine groups is 1. The molecule has 3 unspecified atom stereocenters. The number of hydrogen-bond donors (Lipinski definition) is 2. The van der Waals surface area contributed by atoms with Crippen LogP contribution in [0.2, 0.25) is 0 Å². The Hall–Kier alpha value is -3.92. The standard InChI is InChI=1S/C45H61N4O10PS/c1-11-48(12-2)32-22-23-36(45(35-20-16-14-18-33(35)43(51)55-45)42-31(8)49(13-3)37-21-17-15-19-34(37)42)38(24-32)53-27-39(50)46-25-40-54-41(26-47-56-40)61-28-44(9,10)59-60(52,57-29(4)5)58-30(6)7/h14-24,29-30,40-41,47H,11-13,25-28H2,1-10H3,(H,46,50). The molecule has 2 N–H and O–H groups in total. The highest BCUT2D eigenvalue weighted by Gasteiger charge is 2.52. The third-order valence-electron chi connectivity index (χ3n) is 10.4. The number of benzene rings is 3. The van der Waals surface area contributed by atoms with E-state index in [9.17, 15) is 14.2 Å². The Kier molecular flexibility index (Phi) is 15.0.